The molecule has 0 atom stereocenters. The van der Waals surface area contributed by atoms with Crippen LogP contribution in [0.4, 0.5) is 5.69 Å². The van der Waals surface area contributed by atoms with Gasteiger partial charge in [0.15, 0.2) is 0 Å². The van der Waals surface area contributed by atoms with Gasteiger partial charge in [0.25, 0.3) is 0 Å². The number of hydrogen-bond acceptors (Lipinski definition) is 3. The smallest absolute Gasteiger partial charge is 0.310 e. The molecule has 1 aromatic rings. The first kappa shape index (κ1) is 19.2. The summed E-state index contributed by atoms with van der Waals surface area (Å²) in [4.78, 5) is 23.9. The van der Waals surface area contributed by atoms with E-state index in [1.54, 1.807) is 6.92 Å². The second kappa shape index (κ2) is 7.62. The highest BCUT2D eigenvalue weighted by Crippen LogP contribution is 2.34. The topological polar surface area (TPSA) is 55.4 Å². The van der Waals surface area contributed by atoms with E-state index in [1.165, 1.54) is 0 Å². The maximum atomic E-state index is 12.5. The molecule has 0 radical (unpaired) electrons. The molecule has 1 N–H and O–H groups in total. The number of esters is 1. The zero-order valence-electron chi connectivity index (χ0n) is 15.2. The number of anilines is 1. The standard InChI is InChI=1S/C19H29NO3/c1-7-23-16(21)12-14-8-10-15(11-9-14)20-17(22)19(5,6)13-18(2,3)4/h8-11H,7,12-13H2,1-6H3,(H,20,22). The van der Waals surface area contributed by atoms with Crippen LogP contribution in [0.3, 0.4) is 0 Å². The fraction of sp³-hybridized carbons (Fsp3) is 0.579. The number of amides is 1. The Morgan fingerprint density at radius 2 is 1.61 bits per heavy atom. The highest BCUT2D eigenvalue weighted by molar-refractivity contribution is 5.94. The molecule has 23 heavy (non-hydrogen) atoms. The first-order chi connectivity index (χ1) is 10.5. The number of rotatable bonds is 6. The Kier molecular flexibility index (Phi) is 6.37. The summed E-state index contributed by atoms with van der Waals surface area (Å²) in [6.07, 6.45) is 1.05. The van der Waals surface area contributed by atoms with E-state index >= 15 is 0 Å². The van der Waals surface area contributed by atoms with Crippen LogP contribution in [0.2, 0.25) is 0 Å². The van der Waals surface area contributed by atoms with Crippen molar-refractivity contribution in [3.63, 3.8) is 0 Å². The molecule has 4 heteroatoms. The van der Waals surface area contributed by atoms with Crippen LogP contribution in [0.25, 0.3) is 0 Å². The molecule has 0 aromatic heterocycles. The lowest BCUT2D eigenvalue weighted by atomic mass is 9.75. The molecule has 0 heterocycles. The van der Waals surface area contributed by atoms with Gasteiger partial charge in [0.2, 0.25) is 5.91 Å². The van der Waals surface area contributed by atoms with Crippen LogP contribution < -0.4 is 5.32 Å². The van der Waals surface area contributed by atoms with Crippen molar-refractivity contribution in [1.29, 1.82) is 0 Å². The van der Waals surface area contributed by atoms with Crippen molar-refractivity contribution in [1.82, 2.24) is 0 Å². The maximum absolute atomic E-state index is 12.5. The monoisotopic (exact) mass is 319 g/mol. The molecular formula is C19H29NO3. The first-order valence-electron chi connectivity index (χ1n) is 8.09. The zero-order chi connectivity index (χ0) is 17.7. The van der Waals surface area contributed by atoms with E-state index in [0.717, 1.165) is 17.7 Å². The van der Waals surface area contributed by atoms with Crippen molar-refractivity contribution < 1.29 is 14.3 Å². The number of carbonyl (C=O) groups is 2. The van der Waals surface area contributed by atoms with Crippen molar-refractivity contribution in [2.75, 3.05) is 11.9 Å². The SMILES string of the molecule is CCOC(=O)Cc1ccc(NC(=O)C(C)(C)CC(C)(C)C)cc1. The lowest BCUT2D eigenvalue weighted by Crippen LogP contribution is -2.34. The normalized spacial score (nSPS) is 11.9. The first-order valence-corrected chi connectivity index (χ1v) is 8.09. The van der Waals surface area contributed by atoms with E-state index in [4.69, 9.17) is 4.74 Å². The summed E-state index contributed by atoms with van der Waals surface area (Å²) < 4.78 is 4.92. The molecular weight excluding hydrogens is 290 g/mol. The number of ether oxygens (including phenoxy) is 1. The van der Waals surface area contributed by atoms with Crippen molar-refractivity contribution in [2.24, 2.45) is 10.8 Å². The van der Waals surface area contributed by atoms with E-state index in [9.17, 15) is 9.59 Å². The van der Waals surface area contributed by atoms with Crippen LogP contribution in [0, 0.1) is 10.8 Å². The lowest BCUT2D eigenvalue weighted by molar-refractivity contribution is -0.142. The molecule has 1 aromatic carbocycles. The molecule has 0 saturated heterocycles. The van der Waals surface area contributed by atoms with Gasteiger partial charge in [0.1, 0.15) is 0 Å². The molecule has 0 fully saturated rings. The predicted molar refractivity (Wildman–Crippen MR) is 93.3 cm³/mol. The molecule has 0 aliphatic rings. The van der Waals surface area contributed by atoms with E-state index < -0.39 is 5.41 Å². The molecule has 1 amide bonds. The third kappa shape index (κ3) is 6.85. The highest BCUT2D eigenvalue weighted by Gasteiger charge is 2.32. The summed E-state index contributed by atoms with van der Waals surface area (Å²) in [6, 6.07) is 7.31. The molecule has 0 bridgehead atoms. The van der Waals surface area contributed by atoms with Gasteiger partial charge in [-0.15, -0.1) is 0 Å². The van der Waals surface area contributed by atoms with Gasteiger partial charge in [-0.3, -0.25) is 9.59 Å². The fourth-order valence-corrected chi connectivity index (χ4v) is 2.79. The van der Waals surface area contributed by atoms with Gasteiger partial charge >= 0.3 is 5.97 Å². The van der Waals surface area contributed by atoms with Crippen molar-refractivity contribution in [2.45, 2.75) is 54.4 Å². The summed E-state index contributed by atoms with van der Waals surface area (Å²) in [7, 11) is 0. The third-order valence-electron chi connectivity index (χ3n) is 3.45. The number of benzene rings is 1. The molecule has 4 nitrogen and oxygen atoms in total. The summed E-state index contributed by atoms with van der Waals surface area (Å²) in [6.45, 7) is 12.5. The van der Waals surface area contributed by atoms with Gasteiger partial charge in [0, 0.05) is 11.1 Å². The van der Waals surface area contributed by atoms with Gasteiger partial charge in [-0.1, -0.05) is 46.8 Å². The van der Waals surface area contributed by atoms with E-state index in [1.807, 2.05) is 38.1 Å². The quantitative estimate of drug-likeness (QED) is 0.800. The van der Waals surface area contributed by atoms with E-state index in [2.05, 4.69) is 26.1 Å². The van der Waals surface area contributed by atoms with Crippen LogP contribution in [0.15, 0.2) is 24.3 Å². The largest absolute Gasteiger partial charge is 0.466 e. The average molecular weight is 319 g/mol. The van der Waals surface area contributed by atoms with Crippen LogP contribution in [0.1, 0.15) is 53.5 Å². The Labute approximate surface area is 139 Å². The molecule has 128 valence electrons. The van der Waals surface area contributed by atoms with Crippen LogP contribution in [-0.4, -0.2) is 18.5 Å². The molecule has 0 unspecified atom stereocenters. The van der Waals surface area contributed by atoms with Crippen molar-refractivity contribution >= 4 is 17.6 Å². The number of hydrogen-bond donors (Lipinski definition) is 1. The maximum Gasteiger partial charge on any atom is 0.310 e. The zero-order valence-corrected chi connectivity index (χ0v) is 15.2. The second-order valence-corrected chi connectivity index (χ2v) is 7.75. The summed E-state index contributed by atoms with van der Waals surface area (Å²) in [5.74, 6) is -0.235. The van der Waals surface area contributed by atoms with Crippen LogP contribution >= 0.6 is 0 Å². The summed E-state index contributed by atoms with van der Waals surface area (Å²) in [5, 5.41) is 2.96. The van der Waals surface area contributed by atoms with Crippen molar-refractivity contribution in [3.8, 4) is 0 Å². The second-order valence-electron chi connectivity index (χ2n) is 7.75. The van der Waals surface area contributed by atoms with Crippen LogP contribution in [-0.2, 0) is 20.7 Å². The third-order valence-corrected chi connectivity index (χ3v) is 3.45. The molecule has 1 rings (SSSR count). The van der Waals surface area contributed by atoms with Crippen molar-refractivity contribution in [3.05, 3.63) is 29.8 Å². The van der Waals surface area contributed by atoms with Gasteiger partial charge < -0.3 is 10.1 Å². The molecule has 0 spiro atoms. The Balaban J connectivity index is 2.67. The molecule has 0 aliphatic carbocycles. The minimum Gasteiger partial charge on any atom is -0.466 e. The fourth-order valence-electron chi connectivity index (χ4n) is 2.79. The Bertz CT molecular complexity index is 539. The van der Waals surface area contributed by atoms with E-state index in [-0.39, 0.29) is 23.7 Å². The Morgan fingerprint density at radius 3 is 2.09 bits per heavy atom. The highest BCUT2D eigenvalue weighted by atomic mass is 16.5. The van der Waals surface area contributed by atoms with Gasteiger partial charge in [-0.25, -0.2) is 0 Å². The minimum absolute atomic E-state index is 0.00516. The average Bonchev–Trinajstić information content (AvgIpc) is 2.38. The number of carbonyl (C=O) groups excluding carboxylic acids is 2. The van der Waals surface area contributed by atoms with Gasteiger partial charge in [0.05, 0.1) is 13.0 Å². The Morgan fingerprint density at radius 1 is 1.04 bits per heavy atom. The minimum atomic E-state index is -0.443. The Hall–Kier alpha value is -1.84. The van der Waals surface area contributed by atoms with Gasteiger partial charge in [-0.2, -0.15) is 0 Å². The predicted octanol–water partition coefficient (Wildman–Crippen LogP) is 4.19. The number of nitrogens with one attached hydrogen (secondary N) is 1. The molecule has 0 saturated carbocycles. The van der Waals surface area contributed by atoms with E-state index in [0.29, 0.717) is 6.61 Å². The summed E-state index contributed by atoms with van der Waals surface area (Å²) >= 11 is 0. The van der Waals surface area contributed by atoms with Gasteiger partial charge in [-0.05, 0) is 36.5 Å². The van der Waals surface area contributed by atoms with Crippen LogP contribution in [0.5, 0.6) is 0 Å². The summed E-state index contributed by atoms with van der Waals surface area (Å²) in [5.41, 5.74) is 1.26. The lowest BCUT2D eigenvalue weighted by Gasteiger charge is -2.31. The molecule has 0 aliphatic heterocycles.